The van der Waals surface area contributed by atoms with Crippen LogP contribution >= 0.6 is 0 Å². The van der Waals surface area contributed by atoms with Crippen LogP contribution < -0.4 is 10.2 Å². The number of nitrogens with one attached hydrogen (secondary N) is 1. The van der Waals surface area contributed by atoms with Crippen molar-refractivity contribution in [2.75, 3.05) is 31.2 Å². The minimum atomic E-state index is -0.743. The van der Waals surface area contributed by atoms with Crippen LogP contribution in [0, 0.1) is 0 Å². The molecule has 0 radical (unpaired) electrons. The highest BCUT2D eigenvalue weighted by Gasteiger charge is 2.54. The van der Waals surface area contributed by atoms with Gasteiger partial charge in [-0.2, -0.15) is 0 Å². The summed E-state index contributed by atoms with van der Waals surface area (Å²) in [5, 5.41) is 3.16. The Morgan fingerprint density at radius 2 is 1.64 bits per heavy atom. The smallest absolute Gasteiger partial charge is 0.253 e. The van der Waals surface area contributed by atoms with E-state index in [0.29, 0.717) is 38.2 Å². The number of unbranched alkanes of at least 4 members (excludes halogenated alkanes) is 1. The van der Waals surface area contributed by atoms with Gasteiger partial charge in [-0.1, -0.05) is 62.9 Å². The molecule has 0 aromatic heterocycles. The van der Waals surface area contributed by atoms with Gasteiger partial charge in [-0.05, 0) is 68.4 Å². The van der Waals surface area contributed by atoms with Crippen molar-refractivity contribution >= 4 is 23.4 Å². The monoisotopic (exact) mass is 530 g/mol. The summed E-state index contributed by atoms with van der Waals surface area (Å²) in [5.41, 5.74) is 2.19. The number of piperidine rings is 1. The molecule has 2 aromatic carbocycles. The van der Waals surface area contributed by atoms with Crippen LogP contribution in [0.1, 0.15) is 80.6 Å². The largest absolute Gasteiger partial charge is 0.352 e. The van der Waals surface area contributed by atoms with Crippen molar-refractivity contribution in [3.63, 3.8) is 0 Å². The molecule has 3 fully saturated rings. The van der Waals surface area contributed by atoms with Crippen molar-refractivity contribution < 1.29 is 14.4 Å². The Morgan fingerprint density at radius 3 is 2.31 bits per heavy atom. The fourth-order valence-electron chi connectivity index (χ4n) is 6.47. The molecule has 2 saturated heterocycles. The molecule has 0 unspecified atom stereocenters. The number of anilines is 1. The van der Waals surface area contributed by atoms with Crippen LogP contribution in [0.5, 0.6) is 0 Å². The van der Waals surface area contributed by atoms with Crippen molar-refractivity contribution in [1.82, 2.24) is 15.1 Å². The Hall–Kier alpha value is -3.35. The number of amides is 3. The zero-order valence-electron chi connectivity index (χ0n) is 23.2. The van der Waals surface area contributed by atoms with Crippen molar-refractivity contribution in [2.24, 2.45) is 0 Å². The Bertz CT molecular complexity index is 1140. The first kappa shape index (κ1) is 27.2. The summed E-state index contributed by atoms with van der Waals surface area (Å²) in [6, 6.07) is 18.2. The van der Waals surface area contributed by atoms with Gasteiger partial charge in [-0.3, -0.25) is 14.4 Å². The van der Waals surface area contributed by atoms with Gasteiger partial charge in [-0.25, -0.2) is 0 Å². The SMILES string of the molecule is CCCCc1ccc(C(=O)N2CCC3(CC2)C(=O)N(CC(=O)NC2CCCCC2)CN3c2ccccc2)cc1. The summed E-state index contributed by atoms with van der Waals surface area (Å²) in [5.74, 6) is -0.0554. The van der Waals surface area contributed by atoms with Gasteiger partial charge in [0, 0.05) is 30.4 Å². The lowest BCUT2D eigenvalue weighted by atomic mass is 9.85. The first-order chi connectivity index (χ1) is 19.0. The van der Waals surface area contributed by atoms with E-state index in [1.807, 2.05) is 47.4 Å². The molecule has 1 aliphatic carbocycles. The van der Waals surface area contributed by atoms with Crippen LogP contribution in [0.25, 0.3) is 0 Å². The third-order valence-corrected chi connectivity index (χ3v) is 8.78. The topological polar surface area (TPSA) is 73.0 Å². The molecule has 39 heavy (non-hydrogen) atoms. The molecule has 3 aliphatic rings. The van der Waals surface area contributed by atoms with Crippen molar-refractivity contribution in [1.29, 1.82) is 0 Å². The van der Waals surface area contributed by atoms with Crippen molar-refractivity contribution in [2.45, 2.75) is 82.7 Å². The van der Waals surface area contributed by atoms with Crippen LogP contribution in [0.3, 0.4) is 0 Å². The van der Waals surface area contributed by atoms with E-state index >= 15 is 0 Å². The average Bonchev–Trinajstić information content (AvgIpc) is 3.23. The van der Waals surface area contributed by atoms with E-state index in [0.717, 1.165) is 50.6 Å². The number of benzene rings is 2. The zero-order chi connectivity index (χ0) is 27.2. The maximum Gasteiger partial charge on any atom is 0.253 e. The number of likely N-dealkylation sites (tertiary alicyclic amines) is 1. The van der Waals surface area contributed by atoms with Gasteiger partial charge in [0.1, 0.15) is 12.1 Å². The third kappa shape index (κ3) is 5.97. The van der Waals surface area contributed by atoms with Crippen molar-refractivity contribution in [3.05, 3.63) is 65.7 Å². The lowest BCUT2D eigenvalue weighted by Gasteiger charge is -2.43. The fraction of sp³-hybridized carbons (Fsp3) is 0.531. The molecule has 2 aliphatic heterocycles. The molecule has 1 spiro atoms. The second-order valence-electron chi connectivity index (χ2n) is 11.4. The molecule has 208 valence electrons. The predicted molar refractivity (Wildman–Crippen MR) is 153 cm³/mol. The Morgan fingerprint density at radius 1 is 0.949 bits per heavy atom. The highest BCUT2D eigenvalue weighted by atomic mass is 16.2. The quantitative estimate of drug-likeness (QED) is 0.534. The average molecular weight is 531 g/mol. The van der Waals surface area contributed by atoms with Gasteiger partial charge >= 0.3 is 0 Å². The van der Waals surface area contributed by atoms with Gasteiger partial charge in [0.05, 0.1) is 6.67 Å². The van der Waals surface area contributed by atoms with Gasteiger partial charge < -0.3 is 20.0 Å². The number of carbonyl (C=O) groups excluding carboxylic acids is 3. The number of hydrogen-bond donors (Lipinski definition) is 1. The summed E-state index contributed by atoms with van der Waals surface area (Å²) in [6.07, 6.45) is 9.98. The summed E-state index contributed by atoms with van der Waals surface area (Å²) in [7, 11) is 0. The second-order valence-corrected chi connectivity index (χ2v) is 11.4. The van der Waals surface area contributed by atoms with Crippen LogP contribution in [0.2, 0.25) is 0 Å². The van der Waals surface area contributed by atoms with Crippen LogP contribution in [-0.2, 0) is 16.0 Å². The molecule has 0 atom stereocenters. The highest BCUT2D eigenvalue weighted by molar-refractivity contribution is 5.97. The van der Waals surface area contributed by atoms with E-state index in [9.17, 15) is 14.4 Å². The molecule has 1 saturated carbocycles. The van der Waals surface area contributed by atoms with Crippen LogP contribution in [0.15, 0.2) is 54.6 Å². The number of aryl methyl sites for hydroxylation is 1. The van der Waals surface area contributed by atoms with E-state index in [1.165, 1.54) is 12.0 Å². The molecule has 1 N–H and O–H groups in total. The molecule has 2 heterocycles. The Balaban J connectivity index is 1.27. The van der Waals surface area contributed by atoms with Crippen molar-refractivity contribution in [3.8, 4) is 0 Å². The first-order valence-electron chi connectivity index (χ1n) is 14.8. The summed E-state index contributed by atoms with van der Waals surface area (Å²) in [4.78, 5) is 46.0. The maximum absolute atomic E-state index is 14.0. The lowest BCUT2D eigenvalue weighted by Crippen LogP contribution is -2.57. The maximum atomic E-state index is 14.0. The molecule has 2 aromatic rings. The number of carbonyl (C=O) groups is 3. The van der Waals surface area contributed by atoms with Gasteiger partial charge in [0.15, 0.2) is 0 Å². The minimum Gasteiger partial charge on any atom is -0.352 e. The third-order valence-electron chi connectivity index (χ3n) is 8.78. The molecule has 7 nitrogen and oxygen atoms in total. The minimum absolute atomic E-state index is 0.00229. The summed E-state index contributed by atoms with van der Waals surface area (Å²) >= 11 is 0. The standard InChI is InChI=1S/C32H42N4O3/c1-2-3-10-25-15-17-26(18-16-25)30(38)34-21-19-32(20-22-34)31(39)35(24-36(32)28-13-8-5-9-14-28)23-29(37)33-27-11-6-4-7-12-27/h5,8-9,13-18,27H,2-4,6-7,10-12,19-24H2,1H3,(H,33,37). The summed E-state index contributed by atoms with van der Waals surface area (Å²) < 4.78 is 0. The number of nitrogens with zero attached hydrogens (tertiary/aromatic N) is 3. The predicted octanol–water partition coefficient (Wildman–Crippen LogP) is 4.76. The highest BCUT2D eigenvalue weighted by Crippen LogP contribution is 2.39. The summed E-state index contributed by atoms with van der Waals surface area (Å²) in [6.45, 7) is 3.66. The number of hydrogen-bond acceptors (Lipinski definition) is 4. The Kier molecular flexibility index (Phi) is 8.53. The van der Waals surface area contributed by atoms with E-state index in [1.54, 1.807) is 4.90 Å². The lowest BCUT2D eigenvalue weighted by molar-refractivity contribution is -0.137. The number of rotatable bonds is 8. The fourth-order valence-corrected chi connectivity index (χ4v) is 6.47. The zero-order valence-corrected chi connectivity index (χ0v) is 23.2. The molecular formula is C32H42N4O3. The van der Waals surface area contributed by atoms with E-state index in [2.05, 4.69) is 29.3 Å². The molecule has 0 bridgehead atoms. The normalized spacial score (nSPS) is 19.5. The van der Waals surface area contributed by atoms with Gasteiger partial charge in [-0.15, -0.1) is 0 Å². The first-order valence-corrected chi connectivity index (χ1v) is 14.8. The molecule has 5 rings (SSSR count). The van der Waals surface area contributed by atoms with Gasteiger partial charge in [0.2, 0.25) is 5.91 Å². The van der Waals surface area contributed by atoms with E-state index in [-0.39, 0.29) is 30.3 Å². The molecule has 3 amide bonds. The van der Waals surface area contributed by atoms with E-state index < -0.39 is 5.54 Å². The van der Waals surface area contributed by atoms with Crippen LogP contribution in [0.4, 0.5) is 5.69 Å². The molecular weight excluding hydrogens is 488 g/mol. The van der Waals surface area contributed by atoms with Gasteiger partial charge in [0.25, 0.3) is 11.8 Å². The second kappa shape index (κ2) is 12.2. The molecule has 7 heteroatoms. The number of para-hydroxylation sites is 1. The van der Waals surface area contributed by atoms with Crippen LogP contribution in [-0.4, -0.2) is 65.4 Å². The van der Waals surface area contributed by atoms with E-state index in [4.69, 9.17) is 0 Å². The Labute approximate surface area is 232 Å².